The third-order valence-electron chi connectivity index (χ3n) is 4.91. The molecule has 0 aromatic rings. The van der Waals surface area contributed by atoms with Crippen LogP contribution in [0.4, 0.5) is 0 Å². The topological polar surface area (TPSA) is 52.0 Å². The third kappa shape index (κ3) is 2.59. The molecule has 2 heterocycles. The van der Waals surface area contributed by atoms with Crippen molar-refractivity contribution >= 4 is 22.9 Å². The minimum Gasteiger partial charge on any atom is -0.306 e. The monoisotopic (exact) mass is 305 g/mol. The van der Waals surface area contributed by atoms with Crippen molar-refractivity contribution in [1.29, 1.82) is 0 Å². The number of amidine groups is 1. The summed E-state index contributed by atoms with van der Waals surface area (Å²) in [5.41, 5.74) is 6.07. The summed E-state index contributed by atoms with van der Waals surface area (Å²) < 4.78 is 0. The van der Waals surface area contributed by atoms with E-state index < -0.39 is 0 Å². The molecule has 2 aliphatic carbocycles. The zero-order valence-electron chi connectivity index (χ0n) is 12.6. The van der Waals surface area contributed by atoms with Crippen LogP contribution in [0.3, 0.4) is 0 Å². The van der Waals surface area contributed by atoms with Gasteiger partial charge in [-0.2, -0.15) is 4.99 Å². The summed E-state index contributed by atoms with van der Waals surface area (Å²) in [4.78, 5) is 9.40. The molecular formula is C15H23N5S. The summed E-state index contributed by atoms with van der Waals surface area (Å²) in [7, 11) is 0. The van der Waals surface area contributed by atoms with Crippen molar-refractivity contribution < 1.29 is 0 Å². The quantitative estimate of drug-likeness (QED) is 0.821. The van der Waals surface area contributed by atoms with Gasteiger partial charge in [-0.1, -0.05) is 31.0 Å². The highest BCUT2D eigenvalue weighted by atomic mass is 32.2. The highest BCUT2D eigenvalue weighted by molar-refractivity contribution is 8.13. The first kappa shape index (κ1) is 13.6. The minimum absolute atomic E-state index is 0.450. The molecule has 0 amide bonds. The van der Waals surface area contributed by atoms with E-state index in [1.165, 1.54) is 56.2 Å². The Morgan fingerprint density at radius 3 is 2.86 bits per heavy atom. The molecule has 0 saturated heterocycles. The second-order valence-corrected chi connectivity index (χ2v) is 7.11. The van der Waals surface area contributed by atoms with Gasteiger partial charge >= 0.3 is 0 Å². The Kier molecular flexibility index (Phi) is 3.67. The normalized spacial score (nSPS) is 29.0. The van der Waals surface area contributed by atoms with E-state index in [0.29, 0.717) is 12.1 Å². The number of hydrazine groups is 1. The average molecular weight is 305 g/mol. The molecule has 6 heteroatoms. The van der Waals surface area contributed by atoms with Crippen molar-refractivity contribution in [2.24, 2.45) is 9.98 Å². The molecule has 0 bridgehead atoms. The number of hydrogen-bond acceptors (Lipinski definition) is 6. The van der Waals surface area contributed by atoms with E-state index in [4.69, 9.17) is 4.99 Å². The summed E-state index contributed by atoms with van der Waals surface area (Å²) in [6.07, 6.45) is 11.2. The van der Waals surface area contributed by atoms with Gasteiger partial charge in [0.2, 0.25) is 5.96 Å². The molecule has 0 radical (unpaired) electrons. The summed E-state index contributed by atoms with van der Waals surface area (Å²) >= 11 is 1.64. The molecule has 1 unspecified atom stereocenters. The SMILES string of the molecule is CSC1=NC2=NC3=C(CCC3NC3CCCCC3)CN2N1. The van der Waals surface area contributed by atoms with Gasteiger partial charge in [-0.3, -0.25) is 5.43 Å². The van der Waals surface area contributed by atoms with Crippen molar-refractivity contribution in [3.63, 3.8) is 0 Å². The summed E-state index contributed by atoms with van der Waals surface area (Å²) in [6, 6.07) is 1.15. The smallest absolute Gasteiger partial charge is 0.247 e. The number of hydrogen-bond donors (Lipinski definition) is 2. The van der Waals surface area contributed by atoms with Crippen molar-refractivity contribution in [1.82, 2.24) is 15.8 Å². The summed E-state index contributed by atoms with van der Waals surface area (Å²) in [6.45, 7) is 0.935. The molecule has 4 aliphatic rings. The Hall–Kier alpha value is -1.01. The van der Waals surface area contributed by atoms with E-state index >= 15 is 0 Å². The van der Waals surface area contributed by atoms with Crippen LogP contribution in [0.5, 0.6) is 0 Å². The molecule has 2 aliphatic heterocycles. The first-order valence-corrected chi connectivity index (χ1v) is 9.29. The van der Waals surface area contributed by atoms with Gasteiger partial charge in [0.25, 0.3) is 0 Å². The number of aliphatic imine (C=N–C) groups is 2. The minimum atomic E-state index is 0.450. The average Bonchev–Trinajstić information content (AvgIpc) is 3.09. The van der Waals surface area contributed by atoms with Crippen LogP contribution in [0.2, 0.25) is 0 Å². The van der Waals surface area contributed by atoms with Gasteiger partial charge in [-0.05, 0) is 37.5 Å². The van der Waals surface area contributed by atoms with Crippen LogP contribution in [-0.2, 0) is 0 Å². The first-order valence-electron chi connectivity index (χ1n) is 8.07. The second-order valence-electron chi connectivity index (χ2n) is 6.31. The van der Waals surface area contributed by atoms with Crippen LogP contribution in [0.15, 0.2) is 21.3 Å². The molecular weight excluding hydrogens is 282 g/mol. The summed E-state index contributed by atoms with van der Waals surface area (Å²) in [5, 5.41) is 6.89. The van der Waals surface area contributed by atoms with Gasteiger partial charge in [-0.15, -0.1) is 0 Å². The van der Waals surface area contributed by atoms with Crippen LogP contribution >= 0.6 is 11.8 Å². The van der Waals surface area contributed by atoms with Gasteiger partial charge in [0, 0.05) is 6.04 Å². The zero-order chi connectivity index (χ0) is 14.2. The number of nitrogens with one attached hydrogen (secondary N) is 2. The fourth-order valence-corrected chi connectivity index (χ4v) is 4.16. The highest BCUT2D eigenvalue weighted by Gasteiger charge is 2.35. The Bertz CT molecular complexity index is 518. The van der Waals surface area contributed by atoms with Gasteiger partial charge in [0.1, 0.15) is 0 Å². The van der Waals surface area contributed by atoms with Crippen molar-refractivity contribution in [3.8, 4) is 0 Å². The number of nitrogens with zero attached hydrogens (tertiary/aromatic N) is 3. The predicted octanol–water partition coefficient (Wildman–Crippen LogP) is 2.23. The maximum atomic E-state index is 4.85. The zero-order valence-corrected chi connectivity index (χ0v) is 13.4. The van der Waals surface area contributed by atoms with E-state index in [1.807, 2.05) is 6.26 Å². The van der Waals surface area contributed by atoms with E-state index in [2.05, 4.69) is 20.7 Å². The molecule has 1 atom stereocenters. The number of thioether (sulfide) groups is 1. The lowest BCUT2D eigenvalue weighted by molar-refractivity contribution is 0.348. The Morgan fingerprint density at radius 1 is 1.19 bits per heavy atom. The van der Waals surface area contributed by atoms with E-state index in [-0.39, 0.29) is 0 Å². The molecule has 5 nitrogen and oxygen atoms in total. The molecule has 1 fully saturated rings. The van der Waals surface area contributed by atoms with Crippen molar-refractivity contribution in [2.45, 2.75) is 57.0 Å². The molecule has 1 saturated carbocycles. The van der Waals surface area contributed by atoms with Crippen LogP contribution < -0.4 is 10.7 Å². The Morgan fingerprint density at radius 2 is 2.05 bits per heavy atom. The van der Waals surface area contributed by atoms with Crippen LogP contribution in [0.25, 0.3) is 0 Å². The Labute approximate surface area is 130 Å². The fraction of sp³-hybridized carbons (Fsp3) is 0.733. The van der Waals surface area contributed by atoms with Crippen LogP contribution in [-0.4, -0.2) is 41.0 Å². The van der Waals surface area contributed by atoms with Crippen LogP contribution in [0.1, 0.15) is 44.9 Å². The molecule has 114 valence electrons. The van der Waals surface area contributed by atoms with E-state index in [9.17, 15) is 0 Å². The van der Waals surface area contributed by atoms with Gasteiger partial charge in [0.05, 0.1) is 18.3 Å². The molecule has 0 aromatic carbocycles. The first-order chi connectivity index (χ1) is 10.3. The van der Waals surface area contributed by atoms with Crippen LogP contribution in [0, 0.1) is 0 Å². The van der Waals surface area contributed by atoms with Gasteiger partial charge in [-0.25, -0.2) is 10.0 Å². The largest absolute Gasteiger partial charge is 0.306 e. The highest BCUT2D eigenvalue weighted by Crippen LogP contribution is 2.33. The number of fused-ring (bicyclic) bond motifs is 1. The lowest BCUT2D eigenvalue weighted by Gasteiger charge is -2.28. The molecule has 2 N–H and O–H groups in total. The maximum Gasteiger partial charge on any atom is 0.247 e. The number of rotatable bonds is 2. The van der Waals surface area contributed by atoms with Crippen molar-refractivity contribution in [3.05, 3.63) is 11.3 Å². The second kappa shape index (κ2) is 5.65. The maximum absolute atomic E-state index is 4.85. The van der Waals surface area contributed by atoms with Crippen molar-refractivity contribution in [2.75, 3.05) is 12.8 Å². The standard InChI is InChI=1S/C15H23N5S/c1-21-15-18-14-17-13-10(9-20(14)19-15)7-8-12(13)16-11-5-3-2-4-6-11/h11-12,16H,2-9H2,1H3,(H,17,18,19). The van der Waals surface area contributed by atoms with Gasteiger partial charge < -0.3 is 5.32 Å². The molecule has 4 rings (SSSR count). The molecule has 0 spiro atoms. The van der Waals surface area contributed by atoms with Gasteiger partial charge in [0.15, 0.2) is 5.17 Å². The predicted molar refractivity (Wildman–Crippen MR) is 88.3 cm³/mol. The molecule has 0 aromatic heterocycles. The number of guanidine groups is 1. The lowest BCUT2D eigenvalue weighted by Crippen LogP contribution is -2.43. The Balaban J connectivity index is 1.49. The van der Waals surface area contributed by atoms with E-state index in [0.717, 1.165) is 17.7 Å². The lowest BCUT2D eigenvalue weighted by atomic mass is 9.94. The molecule has 21 heavy (non-hydrogen) atoms. The fourth-order valence-electron chi connectivity index (χ4n) is 3.79. The third-order valence-corrected chi connectivity index (χ3v) is 5.47. The summed E-state index contributed by atoms with van der Waals surface area (Å²) in [5.74, 6) is 0.843. The van der Waals surface area contributed by atoms with E-state index in [1.54, 1.807) is 11.8 Å².